The highest BCUT2D eigenvalue weighted by molar-refractivity contribution is 7.80. The highest BCUT2D eigenvalue weighted by Crippen LogP contribution is 2.29. The minimum absolute atomic E-state index is 0.0814. The summed E-state index contributed by atoms with van der Waals surface area (Å²) >= 11 is 5.79. The number of esters is 1. The topological polar surface area (TPSA) is 135 Å². The summed E-state index contributed by atoms with van der Waals surface area (Å²) in [4.78, 5) is 56.0. The van der Waals surface area contributed by atoms with Crippen LogP contribution in [0.2, 0.25) is 0 Å². The first-order chi connectivity index (χ1) is 20.7. The summed E-state index contributed by atoms with van der Waals surface area (Å²) in [6.45, 7) is 7.23. The molecule has 43 heavy (non-hydrogen) atoms. The maximum Gasteiger partial charge on any atom is 0.338 e. The molecule has 0 spiro atoms. The Labute approximate surface area is 257 Å². The summed E-state index contributed by atoms with van der Waals surface area (Å²) in [6, 6.07) is 12.7. The molecule has 0 bridgehead atoms. The van der Waals surface area contributed by atoms with Crippen molar-refractivity contribution in [3.05, 3.63) is 54.1 Å². The third-order valence-corrected chi connectivity index (χ3v) is 8.06. The summed E-state index contributed by atoms with van der Waals surface area (Å²) in [5, 5.41) is 3.17. The fourth-order valence-electron chi connectivity index (χ4n) is 5.38. The van der Waals surface area contributed by atoms with Crippen LogP contribution >= 0.6 is 12.2 Å². The van der Waals surface area contributed by atoms with Gasteiger partial charge in [-0.2, -0.15) is 0 Å². The van der Waals surface area contributed by atoms with Gasteiger partial charge in [0.05, 0.1) is 30.9 Å². The third kappa shape index (κ3) is 8.08. The van der Waals surface area contributed by atoms with Gasteiger partial charge < -0.3 is 30.3 Å². The van der Waals surface area contributed by atoms with Crippen molar-refractivity contribution in [3.63, 3.8) is 0 Å². The fraction of sp³-hybridized carbons (Fsp3) is 0.452. The van der Waals surface area contributed by atoms with Gasteiger partial charge in [0.25, 0.3) is 5.91 Å². The van der Waals surface area contributed by atoms with Crippen LogP contribution < -0.4 is 20.7 Å². The van der Waals surface area contributed by atoms with Crippen LogP contribution in [0, 0.1) is 5.92 Å². The SMILES string of the molecule is CCOC(=O)c1ccc(N2C(=O)C(CC(=O)Nc3ccc(OCC)cc3)N(CCCN3CCC(C(N)=O)CC3)C2=S)cc1. The minimum Gasteiger partial charge on any atom is -0.494 e. The number of ether oxygens (including phenoxy) is 2. The van der Waals surface area contributed by atoms with E-state index in [9.17, 15) is 19.2 Å². The highest BCUT2D eigenvalue weighted by atomic mass is 32.1. The van der Waals surface area contributed by atoms with Crippen molar-refractivity contribution >= 4 is 52.4 Å². The smallest absolute Gasteiger partial charge is 0.338 e. The van der Waals surface area contributed by atoms with E-state index in [2.05, 4.69) is 10.2 Å². The lowest BCUT2D eigenvalue weighted by Gasteiger charge is -2.31. The molecule has 0 aromatic heterocycles. The van der Waals surface area contributed by atoms with Gasteiger partial charge >= 0.3 is 5.97 Å². The lowest BCUT2D eigenvalue weighted by molar-refractivity contribution is -0.124. The molecule has 1 atom stereocenters. The molecule has 2 aliphatic heterocycles. The second kappa shape index (κ2) is 14.9. The molecule has 3 amide bonds. The summed E-state index contributed by atoms with van der Waals surface area (Å²) in [7, 11) is 0. The average molecular weight is 610 g/mol. The molecule has 2 aromatic carbocycles. The number of rotatable bonds is 13. The molecule has 2 aromatic rings. The van der Waals surface area contributed by atoms with Crippen LogP contribution in [0.15, 0.2) is 48.5 Å². The summed E-state index contributed by atoms with van der Waals surface area (Å²) < 4.78 is 10.5. The van der Waals surface area contributed by atoms with Crippen LogP contribution in [0.1, 0.15) is 49.9 Å². The number of hydrogen-bond acceptors (Lipinski definition) is 8. The maximum absolute atomic E-state index is 13.8. The molecule has 230 valence electrons. The molecular weight excluding hydrogens is 570 g/mol. The number of amides is 3. The van der Waals surface area contributed by atoms with Gasteiger partial charge in [-0.05, 0) is 113 Å². The Balaban J connectivity index is 1.46. The number of benzene rings is 2. The molecule has 2 fully saturated rings. The Bertz CT molecular complexity index is 1310. The van der Waals surface area contributed by atoms with Crippen LogP contribution in [0.3, 0.4) is 0 Å². The van der Waals surface area contributed by atoms with Gasteiger partial charge in [0.2, 0.25) is 11.8 Å². The van der Waals surface area contributed by atoms with Crippen molar-refractivity contribution in [1.82, 2.24) is 9.80 Å². The number of hydrogen-bond donors (Lipinski definition) is 2. The van der Waals surface area contributed by atoms with Crippen LogP contribution in [-0.4, -0.2) is 84.0 Å². The largest absolute Gasteiger partial charge is 0.494 e. The van der Waals surface area contributed by atoms with E-state index in [0.717, 1.165) is 32.5 Å². The zero-order valence-corrected chi connectivity index (χ0v) is 25.4. The van der Waals surface area contributed by atoms with Crippen molar-refractivity contribution in [2.75, 3.05) is 49.6 Å². The number of primary amides is 1. The molecule has 11 nitrogen and oxygen atoms in total. The average Bonchev–Trinajstić information content (AvgIpc) is 3.22. The number of anilines is 2. The highest BCUT2D eigenvalue weighted by Gasteiger charge is 2.44. The zero-order valence-electron chi connectivity index (χ0n) is 24.6. The molecule has 12 heteroatoms. The van der Waals surface area contributed by atoms with Gasteiger partial charge in [-0.25, -0.2) is 4.79 Å². The molecule has 3 N–H and O–H groups in total. The molecule has 2 aliphatic rings. The van der Waals surface area contributed by atoms with E-state index < -0.39 is 12.0 Å². The predicted molar refractivity (Wildman–Crippen MR) is 167 cm³/mol. The Morgan fingerprint density at radius 3 is 2.26 bits per heavy atom. The number of thiocarbonyl (C=S) groups is 1. The number of likely N-dealkylation sites (tertiary alicyclic amines) is 1. The van der Waals surface area contributed by atoms with Gasteiger partial charge in [0.15, 0.2) is 5.11 Å². The van der Waals surface area contributed by atoms with E-state index in [-0.39, 0.29) is 36.7 Å². The van der Waals surface area contributed by atoms with Crippen molar-refractivity contribution in [1.29, 1.82) is 0 Å². The van der Waals surface area contributed by atoms with Crippen LogP contribution in [-0.2, 0) is 19.1 Å². The van der Waals surface area contributed by atoms with Gasteiger partial charge in [-0.1, -0.05) is 0 Å². The van der Waals surface area contributed by atoms with Crippen molar-refractivity contribution in [2.24, 2.45) is 11.7 Å². The quantitative estimate of drug-likeness (QED) is 0.259. The molecular formula is C31H39N5O6S. The van der Waals surface area contributed by atoms with Crippen molar-refractivity contribution in [3.8, 4) is 5.75 Å². The molecule has 2 saturated heterocycles. The Morgan fingerprint density at radius 1 is 0.977 bits per heavy atom. The predicted octanol–water partition coefficient (Wildman–Crippen LogP) is 3.18. The molecule has 1 unspecified atom stereocenters. The standard InChI is InChI=1S/C31H39N5O6S/c1-3-41-25-12-8-23(9-13-25)33-27(37)20-26-29(39)36(24-10-6-22(7-11-24)30(40)42-4-2)31(43)35(26)17-5-16-34-18-14-21(15-19-34)28(32)38/h6-13,21,26H,3-5,14-20H2,1-2H3,(H2,32,38)(H,33,37). The Morgan fingerprint density at radius 2 is 1.65 bits per heavy atom. The zero-order chi connectivity index (χ0) is 30.9. The number of nitrogens with one attached hydrogen (secondary N) is 1. The number of nitrogens with zero attached hydrogens (tertiary/aromatic N) is 3. The normalized spacial score (nSPS) is 17.7. The van der Waals surface area contributed by atoms with Crippen molar-refractivity contribution < 1.29 is 28.7 Å². The number of carbonyl (C=O) groups excluding carboxylic acids is 4. The first kappa shape index (κ1) is 31.9. The van der Waals surface area contributed by atoms with Gasteiger partial charge in [0, 0.05) is 18.2 Å². The van der Waals surface area contributed by atoms with E-state index >= 15 is 0 Å². The third-order valence-electron chi connectivity index (χ3n) is 7.65. The summed E-state index contributed by atoms with van der Waals surface area (Å²) in [6.07, 6.45) is 2.09. The lowest BCUT2D eigenvalue weighted by Crippen LogP contribution is -2.41. The first-order valence-electron chi connectivity index (χ1n) is 14.7. The molecule has 2 heterocycles. The van der Waals surface area contributed by atoms with Gasteiger partial charge in [-0.3, -0.25) is 19.3 Å². The molecule has 0 saturated carbocycles. The summed E-state index contributed by atoms with van der Waals surface area (Å²) in [5.41, 5.74) is 6.94. The number of nitrogens with two attached hydrogens (primary N) is 1. The second-order valence-corrected chi connectivity index (χ2v) is 10.9. The first-order valence-corrected chi connectivity index (χ1v) is 15.1. The van der Waals surface area contributed by atoms with Gasteiger partial charge in [-0.15, -0.1) is 0 Å². The van der Waals surface area contributed by atoms with Gasteiger partial charge in [0.1, 0.15) is 11.8 Å². The Hall–Kier alpha value is -4.03. The van der Waals surface area contributed by atoms with E-state index in [0.29, 0.717) is 47.4 Å². The number of piperidine rings is 1. The Kier molecular flexibility index (Phi) is 11.1. The van der Waals surface area contributed by atoms with Crippen LogP contribution in [0.4, 0.5) is 11.4 Å². The fourth-order valence-corrected chi connectivity index (χ4v) is 5.79. The van der Waals surface area contributed by atoms with E-state index in [4.69, 9.17) is 27.4 Å². The van der Waals surface area contributed by atoms with Crippen LogP contribution in [0.25, 0.3) is 0 Å². The minimum atomic E-state index is -0.791. The number of carbonyl (C=O) groups is 4. The van der Waals surface area contributed by atoms with Crippen molar-refractivity contribution in [2.45, 2.75) is 45.6 Å². The molecule has 0 radical (unpaired) electrons. The molecule has 0 aliphatic carbocycles. The monoisotopic (exact) mass is 609 g/mol. The maximum atomic E-state index is 13.8. The van der Waals surface area contributed by atoms with E-state index in [1.165, 1.54) is 4.90 Å². The van der Waals surface area contributed by atoms with Crippen LogP contribution in [0.5, 0.6) is 5.75 Å². The van der Waals surface area contributed by atoms with E-state index in [1.807, 2.05) is 11.8 Å². The summed E-state index contributed by atoms with van der Waals surface area (Å²) in [5.74, 6) is -0.702. The second-order valence-electron chi connectivity index (χ2n) is 10.5. The van der Waals surface area contributed by atoms with E-state index in [1.54, 1.807) is 55.5 Å². The molecule has 4 rings (SSSR count). The lowest BCUT2D eigenvalue weighted by atomic mass is 9.96.